The van der Waals surface area contributed by atoms with E-state index in [-0.39, 0.29) is 18.5 Å². The molecule has 2 amide bonds. The highest BCUT2D eigenvalue weighted by Gasteiger charge is 2.10. The number of carboxylic acids is 1. The first-order valence-electron chi connectivity index (χ1n) is 5.94. The van der Waals surface area contributed by atoms with E-state index in [9.17, 15) is 9.59 Å². The second kappa shape index (κ2) is 6.99. The molecule has 19 heavy (non-hydrogen) atoms. The van der Waals surface area contributed by atoms with Gasteiger partial charge >= 0.3 is 12.0 Å². The fourth-order valence-electron chi connectivity index (χ4n) is 1.54. The Labute approximate surface area is 117 Å². The summed E-state index contributed by atoms with van der Waals surface area (Å²) in [5.41, 5.74) is 1.42. The molecule has 0 radical (unpaired) electrons. The molecular formula is C13H17ClN2O3. The number of carbonyl (C=O) groups excluding carboxylic acids is 1. The maximum Gasteiger partial charge on any atom is 0.319 e. The molecule has 0 saturated heterocycles. The molecule has 0 aliphatic rings. The third-order valence-electron chi connectivity index (χ3n) is 2.68. The second-order valence-corrected chi connectivity index (χ2v) is 4.75. The Morgan fingerprint density at radius 1 is 1.42 bits per heavy atom. The molecule has 5 nitrogen and oxygen atoms in total. The van der Waals surface area contributed by atoms with Gasteiger partial charge in [-0.1, -0.05) is 17.7 Å². The summed E-state index contributed by atoms with van der Waals surface area (Å²) in [5, 5.41) is 14.5. The predicted octanol–water partition coefficient (Wildman–Crippen LogP) is 3.02. The summed E-state index contributed by atoms with van der Waals surface area (Å²) >= 11 is 5.95. The van der Waals surface area contributed by atoms with Crippen molar-refractivity contribution in [3.8, 4) is 0 Å². The van der Waals surface area contributed by atoms with E-state index in [4.69, 9.17) is 16.7 Å². The normalized spacial score (nSPS) is 11.7. The maximum absolute atomic E-state index is 11.7. The van der Waals surface area contributed by atoms with Gasteiger partial charge in [-0.15, -0.1) is 0 Å². The van der Waals surface area contributed by atoms with Crippen LogP contribution < -0.4 is 10.6 Å². The lowest BCUT2D eigenvalue weighted by Crippen LogP contribution is -2.36. The highest BCUT2D eigenvalue weighted by atomic mass is 35.5. The molecule has 1 unspecified atom stereocenters. The minimum Gasteiger partial charge on any atom is -0.481 e. The van der Waals surface area contributed by atoms with Crippen molar-refractivity contribution in [2.45, 2.75) is 32.7 Å². The molecule has 0 fully saturated rings. The van der Waals surface area contributed by atoms with Crippen LogP contribution in [0.3, 0.4) is 0 Å². The molecular weight excluding hydrogens is 268 g/mol. The SMILES string of the molecule is Cc1c(Cl)cccc1NC(=O)NC(C)CCC(=O)O. The standard InChI is InChI=1S/C13H17ClN2O3/c1-8(6-7-12(17)18)15-13(19)16-11-5-3-4-10(14)9(11)2/h3-5,8H,6-7H2,1-2H3,(H,17,18)(H2,15,16,19). The van der Waals surface area contributed by atoms with E-state index in [0.29, 0.717) is 17.1 Å². The third-order valence-corrected chi connectivity index (χ3v) is 3.09. The van der Waals surface area contributed by atoms with Crippen LogP contribution >= 0.6 is 11.6 Å². The number of carbonyl (C=O) groups is 2. The molecule has 0 aliphatic carbocycles. The number of halogens is 1. The summed E-state index contributed by atoms with van der Waals surface area (Å²) in [6, 6.07) is 4.66. The first-order chi connectivity index (χ1) is 8.90. The van der Waals surface area contributed by atoms with Crippen LogP contribution in [0.2, 0.25) is 5.02 Å². The number of amides is 2. The van der Waals surface area contributed by atoms with Crippen molar-refractivity contribution in [3.05, 3.63) is 28.8 Å². The number of aliphatic carboxylic acids is 1. The number of nitrogens with one attached hydrogen (secondary N) is 2. The lowest BCUT2D eigenvalue weighted by molar-refractivity contribution is -0.137. The topological polar surface area (TPSA) is 78.4 Å². The number of rotatable bonds is 5. The lowest BCUT2D eigenvalue weighted by atomic mass is 10.2. The maximum atomic E-state index is 11.7. The Balaban J connectivity index is 2.51. The Kier molecular flexibility index (Phi) is 5.63. The Morgan fingerprint density at radius 2 is 2.11 bits per heavy atom. The molecule has 0 spiro atoms. The minimum absolute atomic E-state index is 0.0254. The third kappa shape index (κ3) is 5.18. The molecule has 0 heterocycles. The molecule has 0 saturated carbocycles. The van der Waals surface area contributed by atoms with E-state index in [1.54, 1.807) is 25.1 Å². The smallest absolute Gasteiger partial charge is 0.319 e. The number of hydrogen-bond acceptors (Lipinski definition) is 2. The molecule has 0 aliphatic heterocycles. The summed E-state index contributed by atoms with van der Waals surface area (Å²) < 4.78 is 0. The van der Waals surface area contributed by atoms with Crippen molar-refractivity contribution in [3.63, 3.8) is 0 Å². The quantitative estimate of drug-likeness (QED) is 0.777. The molecule has 1 rings (SSSR count). The zero-order valence-corrected chi connectivity index (χ0v) is 11.6. The van der Waals surface area contributed by atoms with Crippen LogP contribution in [0.15, 0.2) is 18.2 Å². The molecule has 1 aromatic rings. The largest absolute Gasteiger partial charge is 0.481 e. The lowest BCUT2D eigenvalue weighted by Gasteiger charge is -2.15. The van der Waals surface area contributed by atoms with Gasteiger partial charge in [0.25, 0.3) is 0 Å². The van der Waals surface area contributed by atoms with Gasteiger partial charge in [0, 0.05) is 23.2 Å². The fraction of sp³-hybridized carbons (Fsp3) is 0.385. The summed E-state index contributed by atoms with van der Waals surface area (Å²) in [7, 11) is 0. The monoisotopic (exact) mass is 284 g/mol. The van der Waals surface area contributed by atoms with Gasteiger partial charge in [-0.05, 0) is 38.0 Å². The zero-order valence-electron chi connectivity index (χ0n) is 10.9. The van der Waals surface area contributed by atoms with Crippen molar-refractivity contribution < 1.29 is 14.7 Å². The first kappa shape index (κ1) is 15.3. The Bertz CT molecular complexity index is 477. The highest BCUT2D eigenvalue weighted by molar-refractivity contribution is 6.31. The van der Waals surface area contributed by atoms with E-state index in [1.165, 1.54) is 0 Å². The summed E-state index contributed by atoms with van der Waals surface area (Å²) in [5.74, 6) is -0.875. The van der Waals surface area contributed by atoms with Crippen LogP contribution in [0.5, 0.6) is 0 Å². The highest BCUT2D eigenvalue weighted by Crippen LogP contribution is 2.22. The number of benzene rings is 1. The molecule has 3 N–H and O–H groups in total. The summed E-state index contributed by atoms with van der Waals surface area (Å²) in [6.45, 7) is 3.57. The number of hydrogen-bond donors (Lipinski definition) is 3. The van der Waals surface area contributed by atoms with Crippen molar-refractivity contribution in [2.75, 3.05) is 5.32 Å². The Hall–Kier alpha value is -1.75. The van der Waals surface area contributed by atoms with E-state index >= 15 is 0 Å². The van der Waals surface area contributed by atoms with Gasteiger partial charge in [0.05, 0.1) is 0 Å². The van der Waals surface area contributed by atoms with E-state index in [1.807, 2.05) is 6.92 Å². The van der Waals surface area contributed by atoms with Crippen molar-refractivity contribution in [1.82, 2.24) is 5.32 Å². The molecule has 6 heteroatoms. The summed E-state index contributed by atoms with van der Waals surface area (Å²) in [4.78, 5) is 22.1. The van der Waals surface area contributed by atoms with Crippen molar-refractivity contribution in [2.24, 2.45) is 0 Å². The van der Waals surface area contributed by atoms with E-state index in [2.05, 4.69) is 10.6 Å². The summed E-state index contributed by atoms with van der Waals surface area (Å²) in [6.07, 6.45) is 0.412. The molecule has 0 aromatic heterocycles. The predicted molar refractivity (Wildman–Crippen MR) is 74.7 cm³/mol. The van der Waals surface area contributed by atoms with Crippen LogP contribution in [0.1, 0.15) is 25.3 Å². The molecule has 1 aromatic carbocycles. The van der Waals surface area contributed by atoms with Gasteiger partial charge < -0.3 is 15.7 Å². The fourth-order valence-corrected chi connectivity index (χ4v) is 1.71. The average Bonchev–Trinajstić information content (AvgIpc) is 2.32. The van der Waals surface area contributed by atoms with Gasteiger partial charge in [0.15, 0.2) is 0 Å². The number of carboxylic acid groups (broad SMARTS) is 1. The van der Waals surface area contributed by atoms with Crippen LogP contribution in [0, 0.1) is 6.92 Å². The van der Waals surface area contributed by atoms with Crippen LogP contribution in [0.25, 0.3) is 0 Å². The molecule has 0 bridgehead atoms. The molecule has 1 atom stereocenters. The van der Waals surface area contributed by atoms with Gasteiger partial charge in [0.1, 0.15) is 0 Å². The Morgan fingerprint density at radius 3 is 2.74 bits per heavy atom. The zero-order chi connectivity index (χ0) is 14.4. The van der Waals surface area contributed by atoms with Crippen LogP contribution in [-0.2, 0) is 4.79 Å². The minimum atomic E-state index is -0.875. The second-order valence-electron chi connectivity index (χ2n) is 4.34. The van der Waals surface area contributed by atoms with Crippen LogP contribution in [0.4, 0.5) is 10.5 Å². The number of anilines is 1. The van der Waals surface area contributed by atoms with Crippen LogP contribution in [-0.4, -0.2) is 23.1 Å². The average molecular weight is 285 g/mol. The first-order valence-corrected chi connectivity index (χ1v) is 6.32. The number of urea groups is 1. The molecule has 104 valence electrons. The van der Waals surface area contributed by atoms with Crippen molar-refractivity contribution in [1.29, 1.82) is 0 Å². The van der Waals surface area contributed by atoms with E-state index in [0.717, 1.165) is 5.56 Å². The van der Waals surface area contributed by atoms with Gasteiger partial charge in [0.2, 0.25) is 0 Å². The van der Waals surface area contributed by atoms with Gasteiger partial charge in [-0.2, -0.15) is 0 Å². The van der Waals surface area contributed by atoms with Crippen molar-refractivity contribution >= 4 is 29.3 Å². The van der Waals surface area contributed by atoms with E-state index < -0.39 is 5.97 Å². The van der Waals surface area contributed by atoms with Gasteiger partial charge in [-0.3, -0.25) is 4.79 Å². The van der Waals surface area contributed by atoms with Gasteiger partial charge in [-0.25, -0.2) is 4.79 Å².